The molecule has 1 atom stereocenters. The van der Waals surface area contributed by atoms with Gasteiger partial charge in [-0.25, -0.2) is 0 Å². The Balaban J connectivity index is 0.00000338. The molecule has 1 aromatic rings. The Labute approximate surface area is 176 Å². The maximum Gasteiger partial charge on any atom is 0.191 e. The summed E-state index contributed by atoms with van der Waals surface area (Å²) in [5.41, 5.74) is 1.21. The first-order valence-corrected chi connectivity index (χ1v) is 9.42. The highest BCUT2D eigenvalue weighted by atomic mass is 127. The summed E-state index contributed by atoms with van der Waals surface area (Å²) < 4.78 is 5.97. The fraction of sp³-hybridized carbons (Fsp3) is 0.650. The van der Waals surface area contributed by atoms with Crippen molar-refractivity contribution < 1.29 is 4.74 Å². The largest absolute Gasteiger partial charge is 0.489 e. The van der Waals surface area contributed by atoms with Crippen LogP contribution >= 0.6 is 24.0 Å². The quantitative estimate of drug-likeness (QED) is 0.377. The van der Waals surface area contributed by atoms with Gasteiger partial charge in [0.25, 0.3) is 0 Å². The van der Waals surface area contributed by atoms with E-state index in [4.69, 9.17) is 4.74 Å². The first kappa shape index (κ1) is 23.0. The van der Waals surface area contributed by atoms with Crippen LogP contribution in [0.15, 0.2) is 29.3 Å². The molecule has 6 heteroatoms. The van der Waals surface area contributed by atoms with Crippen LogP contribution in [0.3, 0.4) is 0 Å². The van der Waals surface area contributed by atoms with Crippen LogP contribution in [0.1, 0.15) is 39.2 Å². The number of guanidine groups is 1. The molecule has 5 nitrogen and oxygen atoms in total. The Kier molecular flexibility index (Phi) is 10.3. The van der Waals surface area contributed by atoms with Crippen LogP contribution in [-0.2, 0) is 0 Å². The van der Waals surface area contributed by atoms with Crippen molar-refractivity contribution in [3.8, 4) is 5.75 Å². The van der Waals surface area contributed by atoms with Crippen molar-refractivity contribution in [2.75, 3.05) is 26.7 Å². The highest BCUT2D eigenvalue weighted by molar-refractivity contribution is 14.0. The van der Waals surface area contributed by atoms with Crippen LogP contribution in [0.25, 0.3) is 0 Å². The van der Waals surface area contributed by atoms with E-state index in [-0.39, 0.29) is 30.1 Å². The van der Waals surface area contributed by atoms with Crippen LogP contribution in [0.2, 0.25) is 0 Å². The maximum absolute atomic E-state index is 5.97. The summed E-state index contributed by atoms with van der Waals surface area (Å²) in [4.78, 5) is 6.89. The molecule has 2 rings (SSSR count). The number of nitrogens with one attached hydrogen (secondary N) is 2. The van der Waals surface area contributed by atoms with E-state index in [1.165, 1.54) is 5.56 Å². The topological polar surface area (TPSA) is 48.9 Å². The third-order valence-corrected chi connectivity index (χ3v) is 4.71. The Bertz CT molecular complexity index is 556. The molecule has 148 valence electrons. The minimum absolute atomic E-state index is 0. The molecular formula is C20H35IN4O. The van der Waals surface area contributed by atoms with Crippen molar-refractivity contribution in [2.45, 2.75) is 58.7 Å². The van der Waals surface area contributed by atoms with Crippen molar-refractivity contribution in [3.63, 3.8) is 0 Å². The van der Waals surface area contributed by atoms with Gasteiger partial charge in [-0.2, -0.15) is 0 Å². The van der Waals surface area contributed by atoms with Gasteiger partial charge in [0, 0.05) is 32.2 Å². The summed E-state index contributed by atoms with van der Waals surface area (Å²) in [6.45, 7) is 11.7. The van der Waals surface area contributed by atoms with E-state index in [2.05, 4.69) is 60.4 Å². The van der Waals surface area contributed by atoms with Gasteiger partial charge in [-0.15, -0.1) is 24.0 Å². The Hall–Kier alpha value is -1.02. The minimum Gasteiger partial charge on any atom is -0.489 e. The molecule has 1 aliphatic heterocycles. The van der Waals surface area contributed by atoms with Crippen molar-refractivity contribution >= 4 is 29.9 Å². The smallest absolute Gasteiger partial charge is 0.191 e. The van der Waals surface area contributed by atoms with E-state index in [9.17, 15) is 0 Å². The zero-order valence-electron chi connectivity index (χ0n) is 16.8. The molecule has 0 bridgehead atoms. The molecule has 1 saturated heterocycles. The molecule has 1 aromatic carbocycles. The first-order valence-electron chi connectivity index (χ1n) is 9.42. The highest BCUT2D eigenvalue weighted by Gasteiger charge is 2.21. The summed E-state index contributed by atoms with van der Waals surface area (Å²) in [6.07, 6.45) is 2.39. The third kappa shape index (κ3) is 7.70. The second-order valence-corrected chi connectivity index (χ2v) is 7.25. The van der Waals surface area contributed by atoms with Crippen molar-refractivity contribution in [3.05, 3.63) is 29.8 Å². The molecule has 0 spiro atoms. The fourth-order valence-corrected chi connectivity index (χ4v) is 3.15. The minimum atomic E-state index is 0. The molecule has 0 aliphatic carbocycles. The number of benzene rings is 1. The van der Waals surface area contributed by atoms with E-state index in [0.29, 0.717) is 12.1 Å². The van der Waals surface area contributed by atoms with Crippen LogP contribution < -0.4 is 15.4 Å². The first-order chi connectivity index (χ1) is 12.0. The standard InChI is InChI=1S/C20H34N4O.HI/c1-15(2)24-11-9-18(10-12-24)23-20(21-5)22-14-17(4)25-19-8-6-7-16(3)13-19;/h6-8,13,15,17-18H,9-12,14H2,1-5H3,(H2,21,22,23);1H. The van der Waals surface area contributed by atoms with Crippen LogP contribution in [0, 0.1) is 6.92 Å². The second-order valence-electron chi connectivity index (χ2n) is 7.25. The molecular weight excluding hydrogens is 439 g/mol. The molecule has 1 aliphatic rings. The molecule has 26 heavy (non-hydrogen) atoms. The lowest BCUT2D eigenvalue weighted by Gasteiger charge is -2.35. The van der Waals surface area contributed by atoms with E-state index in [1.54, 1.807) is 0 Å². The number of nitrogens with zero attached hydrogens (tertiary/aromatic N) is 2. The number of halogens is 1. The summed E-state index contributed by atoms with van der Waals surface area (Å²) in [5, 5.41) is 6.94. The van der Waals surface area contributed by atoms with Gasteiger partial charge in [-0.1, -0.05) is 12.1 Å². The molecule has 0 saturated carbocycles. The Morgan fingerprint density at radius 2 is 1.96 bits per heavy atom. The lowest BCUT2D eigenvalue weighted by molar-refractivity contribution is 0.167. The van der Waals surface area contributed by atoms with E-state index < -0.39 is 0 Å². The van der Waals surface area contributed by atoms with Crippen molar-refractivity contribution in [2.24, 2.45) is 4.99 Å². The molecule has 1 fully saturated rings. The highest BCUT2D eigenvalue weighted by Crippen LogP contribution is 2.14. The predicted molar refractivity (Wildman–Crippen MR) is 121 cm³/mol. The van der Waals surface area contributed by atoms with Crippen molar-refractivity contribution in [1.29, 1.82) is 0 Å². The fourth-order valence-electron chi connectivity index (χ4n) is 3.15. The van der Waals surface area contributed by atoms with Crippen LogP contribution in [-0.4, -0.2) is 55.7 Å². The molecule has 0 radical (unpaired) electrons. The van der Waals surface area contributed by atoms with E-state index in [1.807, 2.05) is 19.2 Å². The molecule has 1 unspecified atom stereocenters. The Morgan fingerprint density at radius 1 is 1.27 bits per heavy atom. The van der Waals surface area contributed by atoms with Crippen molar-refractivity contribution in [1.82, 2.24) is 15.5 Å². The van der Waals surface area contributed by atoms with Gasteiger partial charge in [-0.05, 0) is 58.2 Å². The van der Waals surface area contributed by atoms with Gasteiger partial charge >= 0.3 is 0 Å². The zero-order chi connectivity index (χ0) is 18.2. The molecule has 0 aromatic heterocycles. The monoisotopic (exact) mass is 474 g/mol. The van der Waals surface area contributed by atoms with Gasteiger partial charge < -0.3 is 20.3 Å². The normalized spacial score (nSPS) is 17.5. The summed E-state index contributed by atoms with van der Waals surface area (Å²) in [7, 11) is 1.82. The van der Waals surface area contributed by atoms with Crippen LogP contribution in [0.4, 0.5) is 0 Å². The maximum atomic E-state index is 5.97. The molecule has 1 heterocycles. The SMILES string of the molecule is CN=C(NCC(C)Oc1cccc(C)c1)NC1CCN(C(C)C)CC1.I. The van der Waals surface area contributed by atoms with Gasteiger partial charge in [0.1, 0.15) is 11.9 Å². The number of piperidine rings is 1. The summed E-state index contributed by atoms with van der Waals surface area (Å²) >= 11 is 0. The van der Waals surface area contributed by atoms with Gasteiger partial charge in [0.05, 0.1) is 6.54 Å². The number of rotatable bonds is 6. The molecule has 2 N–H and O–H groups in total. The predicted octanol–water partition coefficient (Wildman–Crippen LogP) is 3.42. The zero-order valence-corrected chi connectivity index (χ0v) is 19.1. The average molecular weight is 474 g/mol. The Morgan fingerprint density at radius 3 is 2.54 bits per heavy atom. The summed E-state index contributed by atoms with van der Waals surface area (Å²) in [6, 6.07) is 9.29. The van der Waals surface area contributed by atoms with E-state index >= 15 is 0 Å². The molecule has 0 amide bonds. The van der Waals surface area contributed by atoms with Crippen LogP contribution in [0.5, 0.6) is 5.75 Å². The lowest BCUT2D eigenvalue weighted by Crippen LogP contribution is -2.50. The number of hydrogen-bond acceptors (Lipinski definition) is 3. The van der Waals surface area contributed by atoms with Gasteiger partial charge in [-0.3, -0.25) is 4.99 Å². The van der Waals surface area contributed by atoms with E-state index in [0.717, 1.165) is 44.2 Å². The average Bonchev–Trinajstić information content (AvgIpc) is 2.59. The lowest BCUT2D eigenvalue weighted by atomic mass is 10.0. The number of aryl methyl sites for hydroxylation is 1. The number of aliphatic imine (C=N–C) groups is 1. The number of hydrogen-bond donors (Lipinski definition) is 2. The van der Waals surface area contributed by atoms with Gasteiger partial charge in [0.2, 0.25) is 0 Å². The second kappa shape index (κ2) is 11.6. The number of ether oxygens (including phenoxy) is 1. The number of likely N-dealkylation sites (tertiary alicyclic amines) is 1. The summed E-state index contributed by atoms with van der Waals surface area (Å²) in [5.74, 6) is 1.78. The third-order valence-electron chi connectivity index (χ3n) is 4.71. The van der Waals surface area contributed by atoms with Gasteiger partial charge in [0.15, 0.2) is 5.96 Å².